The first-order valence-corrected chi connectivity index (χ1v) is 17.4. The highest BCUT2D eigenvalue weighted by atomic mass is 32.2. The van der Waals surface area contributed by atoms with Crippen molar-refractivity contribution in [1.29, 1.82) is 0 Å². The maximum absolute atomic E-state index is 15.2. The summed E-state index contributed by atoms with van der Waals surface area (Å²) >= 11 is 0. The number of hydrogen-bond donors (Lipinski definition) is 0. The molecule has 4 aliphatic carbocycles. The minimum absolute atomic E-state index is 0.0433. The summed E-state index contributed by atoms with van der Waals surface area (Å²) in [7, 11) is -3.46. The Bertz CT molecular complexity index is 1700. The third-order valence-electron chi connectivity index (χ3n) is 10.4. The van der Waals surface area contributed by atoms with Crippen LogP contribution in [0.25, 0.3) is 11.1 Å². The van der Waals surface area contributed by atoms with Crippen LogP contribution in [0.15, 0.2) is 51.9 Å². The van der Waals surface area contributed by atoms with Gasteiger partial charge in [-0.15, -0.1) is 0 Å². The van der Waals surface area contributed by atoms with E-state index in [1.54, 1.807) is 11.0 Å². The summed E-state index contributed by atoms with van der Waals surface area (Å²) in [4.78, 5) is 19.9. The number of amides is 1. The summed E-state index contributed by atoms with van der Waals surface area (Å²) < 4.78 is 99.7. The SMILES string of the molecule is CC(F)(F)c1nc(C23CCC(CN(C(=O)C4CCC(F)(F)CC4)c4ccc(F)c(-c5ccc(S(C)(=O)=O)cc5)c4)(CC2)CC3)no1. The summed E-state index contributed by atoms with van der Waals surface area (Å²) in [6.07, 6.45) is 4.22. The van der Waals surface area contributed by atoms with Gasteiger partial charge in [0.1, 0.15) is 5.82 Å². The van der Waals surface area contributed by atoms with Crippen LogP contribution >= 0.6 is 0 Å². The largest absolute Gasteiger partial charge is 0.333 e. The molecule has 2 bridgehead atoms. The van der Waals surface area contributed by atoms with E-state index in [1.807, 2.05) is 0 Å². The van der Waals surface area contributed by atoms with E-state index in [9.17, 15) is 30.8 Å². The zero-order chi connectivity index (χ0) is 33.1. The Morgan fingerprint density at radius 2 is 1.59 bits per heavy atom. The van der Waals surface area contributed by atoms with Crippen molar-refractivity contribution in [3.63, 3.8) is 0 Å². The number of anilines is 1. The quantitative estimate of drug-likeness (QED) is 0.228. The van der Waals surface area contributed by atoms with Gasteiger partial charge in [-0.05, 0) is 92.7 Å². The van der Waals surface area contributed by atoms with Crippen LogP contribution in [0.2, 0.25) is 0 Å². The Hall–Kier alpha value is -3.35. The van der Waals surface area contributed by atoms with E-state index in [0.29, 0.717) is 56.7 Å². The fraction of sp³-hybridized carbons (Fsp3) is 0.545. The molecule has 0 saturated heterocycles. The summed E-state index contributed by atoms with van der Waals surface area (Å²) in [5.41, 5.74) is 0.195. The summed E-state index contributed by atoms with van der Waals surface area (Å²) in [5.74, 6) is -7.96. The van der Waals surface area contributed by atoms with E-state index < -0.39 is 44.7 Å². The van der Waals surface area contributed by atoms with Gasteiger partial charge in [0.2, 0.25) is 11.8 Å². The number of fused-ring (bicyclic) bond motifs is 3. The number of carbonyl (C=O) groups excluding carboxylic acids is 1. The maximum Gasteiger partial charge on any atom is 0.322 e. The average Bonchev–Trinajstić information content (AvgIpc) is 3.53. The zero-order valence-electron chi connectivity index (χ0n) is 25.7. The van der Waals surface area contributed by atoms with Crippen molar-refractivity contribution in [2.45, 2.75) is 93.3 Å². The van der Waals surface area contributed by atoms with Crippen LogP contribution in [0, 0.1) is 17.2 Å². The van der Waals surface area contributed by atoms with Gasteiger partial charge in [-0.25, -0.2) is 21.6 Å². The van der Waals surface area contributed by atoms with Gasteiger partial charge in [0, 0.05) is 55.1 Å². The lowest BCUT2D eigenvalue weighted by molar-refractivity contribution is -0.127. The first-order chi connectivity index (χ1) is 21.5. The molecule has 1 amide bonds. The van der Waals surface area contributed by atoms with Crippen molar-refractivity contribution in [1.82, 2.24) is 10.1 Å². The molecule has 4 saturated carbocycles. The molecule has 7 rings (SSSR count). The molecule has 7 nitrogen and oxygen atoms in total. The van der Waals surface area contributed by atoms with E-state index in [4.69, 9.17) is 4.52 Å². The van der Waals surface area contributed by atoms with Crippen molar-refractivity contribution < 1.29 is 39.7 Å². The summed E-state index contributed by atoms with van der Waals surface area (Å²) in [6, 6.07) is 10.1. The fourth-order valence-electron chi connectivity index (χ4n) is 7.38. The topological polar surface area (TPSA) is 93.4 Å². The molecule has 1 heterocycles. The van der Waals surface area contributed by atoms with Crippen LogP contribution in [0.1, 0.15) is 82.8 Å². The number of alkyl halides is 4. The second-order valence-electron chi connectivity index (χ2n) is 13.6. The Morgan fingerprint density at radius 1 is 0.978 bits per heavy atom. The fourth-order valence-corrected chi connectivity index (χ4v) is 8.01. The third kappa shape index (κ3) is 6.31. The van der Waals surface area contributed by atoms with Crippen molar-refractivity contribution >= 4 is 21.4 Å². The molecule has 4 fully saturated rings. The average molecular weight is 666 g/mol. The van der Waals surface area contributed by atoms with Crippen LogP contribution in [-0.2, 0) is 26.0 Å². The number of halogens is 5. The molecular formula is C33H36F5N3O4S. The second kappa shape index (κ2) is 11.4. The van der Waals surface area contributed by atoms with Crippen molar-refractivity contribution in [3.8, 4) is 11.1 Å². The molecule has 0 radical (unpaired) electrons. The van der Waals surface area contributed by atoms with Gasteiger partial charge in [-0.3, -0.25) is 4.79 Å². The van der Waals surface area contributed by atoms with Gasteiger partial charge in [0.15, 0.2) is 15.7 Å². The maximum atomic E-state index is 15.2. The van der Waals surface area contributed by atoms with E-state index in [2.05, 4.69) is 10.1 Å². The first-order valence-electron chi connectivity index (χ1n) is 15.5. The monoisotopic (exact) mass is 665 g/mol. The lowest BCUT2D eigenvalue weighted by Crippen LogP contribution is -2.52. The van der Waals surface area contributed by atoms with E-state index >= 15 is 4.39 Å². The highest BCUT2D eigenvalue weighted by molar-refractivity contribution is 7.90. The molecule has 0 aliphatic heterocycles. The lowest BCUT2D eigenvalue weighted by Gasteiger charge is -2.53. The van der Waals surface area contributed by atoms with Gasteiger partial charge in [0.05, 0.1) is 4.90 Å². The number of hydrogen-bond acceptors (Lipinski definition) is 6. The second-order valence-corrected chi connectivity index (χ2v) is 15.6. The van der Waals surface area contributed by atoms with Gasteiger partial charge in [-0.1, -0.05) is 17.3 Å². The first kappa shape index (κ1) is 32.6. The predicted molar refractivity (Wildman–Crippen MR) is 160 cm³/mol. The predicted octanol–water partition coefficient (Wildman–Crippen LogP) is 7.84. The smallest absolute Gasteiger partial charge is 0.322 e. The number of nitrogens with zero attached hydrogens (tertiary/aromatic N) is 3. The van der Waals surface area contributed by atoms with Gasteiger partial charge >= 0.3 is 5.92 Å². The van der Waals surface area contributed by atoms with E-state index in [0.717, 1.165) is 6.26 Å². The molecule has 0 spiro atoms. The molecule has 4 aliphatic rings. The summed E-state index contributed by atoms with van der Waals surface area (Å²) in [6.45, 7) is 0.997. The Balaban J connectivity index is 1.29. The van der Waals surface area contributed by atoms with Crippen molar-refractivity contribution in [2.75, 3.05) is 17.7 Å². The van der Waals surface area contributed by atoms with E-state index in [1.165, 1.54) is 36.4 Å². The molecule has 248 valence electrons. The molecular weight excluding hydrogens is 629 g/mol. The Morgan fingerprint density at radius 3 is 2.13 bits per heavy atom. The standard InChI is InChI=1S/C33H36F5N3O4S/c1-30(35,36)29-39-28(40-45-29)32-16-13-31(14-17-32,15-18-32)20-41(27(42)22-9-11-33(37,38)12-10-22)23-5-8-26(34)25(19-23)21-3-6-24(7-4-21)46(2,43)44/h3-8,19,22H,9-18,20H2,1-2H3. The highest BCUT2D eigenvalue weighted by Gasteiger charge is 2.53. The molecule has 13 heteroatoms. The van der Waals surface area contributed by atoms with Gasteiger partial charge < -0.3 is 9.42 Å². The minimum Gasteiger partial charge on any atom is -0.333 e. The number of carbonyl (C=O) groups is 1. The zero-order valence-corrected chi connectivity index (χ0v) is 26.5. The van der Waals surface area contributed by atoms with Crippen LogP contribution < -0.4 is 4.90 Å². The number of aromatic nitrogens is 2. The third-order valence-corrected chi connectivity index (χ3v) is 11.5. The number of rotatable bonds is 8. The molecule has 0 atom stereocenters. The lowest BCUT2D eigenvalue weighted by atomic mass is 9.53. The van der Waals surface area contributed by atoms with Crippen LogP contribution in [-0.4, -0.2) is 43.2 Å². The number of benzene rings is 2. The highest BCUT2D eigenvalue weighted by Crippen LogP contribution is 2.58. The van der Waals surface area contributed by atoms with Crippen LogP contribution in [0.4, 0.5) is 27.6 Å². The Labute approximate surface area is 264 Å². The van der Waals surface area contributed by atoms with Crippen molar-refractivity contribution in [2.24, 2.45) is 11.3 Å². The minimum atomic E-state index is -3.46. The Kier molecular flexibility index (Phi) is 8.09. The van der Waals surface area contributed by atoms with Gasteiger partial charge in [0.25, 0.3) is 5.89 Å². The van der Waals surface area contributed by atoms with Crippen LogP contribution in [0.3, 0.4) is 0 Å². The summed E-state index contributed by atoms with van der Waals surface area (Å²) in [5, 5.41) is 3.91. The van der Waals surface area contributed by atoms with Crippen LogP contribution in [0.5, 0.6) is 0 Å². The molecule has 3 aromatic rings. The normalized spacial score (nSPS) is 25.0. The molecule has 0 N–H and O–H groups in total. The molecule has 2 aromatic carbocycles. The molecule has 46 heavy (non-hydrogen) atoms. The van der Waals surface area contributed by atoms with E-state index in [-0.39, 0.29) is 59.8 Å². The van der Waals surface area contributed by atoms with Crippen molar-refractivity contribution in [3.05, 3.63) is 60.0 Å². The molecule has 1 aromatic heterocycles. The number of sulfone groups is 1. The van der Waals surface area contributed by atoms with Gasteiger partial charge in [-0.2, -0.15) is 13.8 Å². The molecule has 0 unspecified atom stereocenters.